The first kappa shape index (κ1) is 19.1. The number of hydrogen-bond acceptors (Lipinski definition) is 5. The lowest BCUT2D eigenvalue weighted by molar-refractivity contribution is -0.120. The van der Waals surface area contributed by atoms with Gasteiger partial charge in [0.2, 0.25) is 5.91 Å². The van der Waals surface area contributed by atoms with E-state index in [4.69, 9.17) is 15.2 Å². The minimum absolute atomic E-state index is 0.145. The largest absolute Gasteiger partial charge is 0.493 e. The summed E-state index contributed by atoms with van der Waals surface area (Å²) >= 11 is 0. The molecule has 4 N–H and O–H groups in total. The number of aromatic nitrogens is 2. The highest BCUT2D eigenvalue weighted by Gasteiger charge is 2.35. The van der Waals surface area contributed by atoms with Crippen molar-refractivity contribution < 1.29 is 19.1 Å². The zero-order valence-corrected chi connectivity index (χ0v) is 16.2. The highest BCUT2D eigenvalue weighted by Crippen LogP contribution is 2.41. The van der Waals surface area contributed by atoms with Gasteiger partial charge in [0.05, 0.1) is 18.7 Å². The van der Waals surface area contributed by atoms with Crippen molar-refractivity contribution in [3.8, 4) is 11.5 Å². The fourth-order valence-corrected chi connectivity index (χ4v) is 4.28. The number of nitrogens with one attached hydrogen (secondary N) is 2. The van der Waals surface area contributed by atoms with E-state index in [1.165, 1.54) is 7.11 Å². The third-order valence-corrected chi connectivity index (χ3v) is 5.61. The molecule has 1 saturated carbocycles. The van der Waals surface area contributed by atoms with E-state index in [9.17, 15) is 14.4 Å². The van der Waals surface area contributed by atoms with Gasteiger partial charge < -0.3 is 20.5 Å². The number of amides is 2. The second-order valence-corrected chi connectivity index (χ2v) is 7.48. The van der Waals surface area contributed by atoms with Gasteiger partial charge in [-0.3, -0.25) is 24.2 Å². The SMILES string of the molecule is COc1ccc([C@@H]2CC(=O)Nc3c2c(=O)[nH]n3C2CCCC2)cc1OCC(N)=O. The first-order valence-electron chi connectivity index (χ1n) is 9.71. The van der Waals surface area contributed by atoms with Crippen molar-refractivity contribution in [2.75, 3.05) is 19.0 Å². The van der Waals surface area contributed by atoms with Crippen molar-refractivity contribution in [2.24, 2.45) is 5.73 Å². The van der Waals surface area contributed by atoms with E-state index in [1.807, 2.05) is 4.68 Å². The number of hydrogen-bond donors (Lipinski definition) is 3. The molecule has 1 aliphatic heterocycles. The van der Waals surface area contributed by atoms with Crippen LogP contribution in [0.15, 0.2) is 23.0 Å². The van der Waals surface area contributed by atoms with Crippen LogP contribution >= 0.6 is 0 Å². The molecular formula is C20H24N4O5. The van der Waals surface area contributed by atoms with Crippen molar-refractivity contribution in [3.05, 3.63) is 39.7 Å². The topological polar surface area (TPSA) is 128 Å². The minimum Gasteiger partial charge on any atom is -0.493 e. The number of rotatable bonds is 6. The van der Waals surface area contributed by atoms with Crippen LogP contribution in [-0.4, -0.2) is 35.3 Å². The smallest absolute Gasteiger partial charge is 0.270 e. The molecule has 9 nitrogen and oxygen atoms in total. The number of primary amides is 1. The number of methoxy groups -OCH3 is 1. The Bertz CT molecular complexity index is 1000. The number of anilines is 1. The Kier molecular flexibility index (Phi) is 5.04. The van der Waals surface area contributed by atoms with Crippen LogP contribution in [0.4, 0.5) is 5.82 Å². The fourth-order valence-electron chi connectivity index (χ4n) is 4.28. The predicted molar refractivity (Wildman–Crippen MR) is 105 cm³/mol. The maximum absolute atomic E-state index is 12.8. The molecular weight excluding hydrogens is 376 g/mol. The average molecular weight is 400 g/mol. The van der Waals surface area contributed by atoms with Gasteiger partial charge in [0.1, 0.15) is 5.82 Å². The van der Waals surface area contributed by atoms with Gasteiger partial charge in [-0.2, -0.15) is 0 Å². The summed E-state index contributed by atoms with van der Waals surface area (Å²) < 4.78 is 12.6. The summed E-state index contributed by atoms with van der Waals surface area (Å²) in [6, 6.07) is 5.38. The number of carbonyl (C=O) groups is 2. The number of nitrogens with zero attached hydrogens (tertiary/aromatic N) is 1. The number of aromatic amines is 1. The Hall–Kier alpha value is -3.23. The summed E-state index contributed by atoms with van der Waals surface area (Å²) in [4.78, 5) is 36.4. The van der Waals surface area contributed by atoms with Crippen molar-refractivity contribution in [3.63, 3.8) is 0 Å². The molecule has 2 aromatic rings. The van der Waals surface area contributed by atoms with Gasteiger partial charge in [-0.05, 0) is 30.5 Å². The lowest BCUT2D eigenvalue weighted by atomic mass is 9.87. The van der Waals surface area contributed by atoms with E-state index in [1.54, 1.807) is 18.2 Å². The predicted octanol–water partition coefficient (Wildman–Crippen LogP) is 1.64. The quantitative estimate of drug-likeness (QED) is 0.679. The molecule has 1 aromatic heterocycles. The minimum atomic E-state index is -0.609. The number of carbonyl (C=O) groups excluding carboxylic acids is 2. The lowest BCUT2D eigenvalue weighted by Gasteiger charge is -2.25. The third kappa shape index (κ3) is 3.59. The Morgan fingerprint density at radius 3 is 2.69 bits per heavy atom. The summed E-state index contributed by atoms with van der Waals surface area (Å²) in [5.41, 5.74) is 6.25. The first-order chi connectivity index (χ1) is 14.0. The summed E-state index contributed by atoms with van der Waals surface area (Å²) in [5, 5.41) is 5.80. The number of H-pyrrole nitrogens is 1. The number of benzene rings is 1. The maximum atomic E-state index is 12.8. The van der Waals surface area contributed by atoms with Gasteiger partial charge in [0, 0.05) is 12.3 Å². The second kappa shape index (κ2) is 7.65. The van der Waals surface area contributed by atoms with Crippen LogP contribution in [0.2, 0.25) is 0 Å². The third-order valence-electron chi connectivity index (χ3n) is 5.61. The summed E-state index contributed by atoms with van der Waals surface area (Å²) in [7, 11) is 1.49. The van der Waals surface area contributed by atoms with Crippen LogP contribution in [0.1, 0.15) is 55.2 Å². The van der Waals surface area contributed by atoms with Crippen LogP contribution in [0.3, 0.4) is 0 Å². The number of nitrogens with two attached hydrogens (primary N) is 1. The van der Waals surface area contributed by atoms with Crippen LogP contribution in [0, 0.1) is 0 Å². The molecule has 4 rings (SSSR count). The van der Waals surface area contributed by atoms with Gasteiger partial charge in [-0.1, -0.05) is 18.9 Å². The molecule has 0 unspecified atom stereocenters. The van der Waals surface area contributed by atoms with Crippen molar-refractivity contribution in [1.82, 2.24) is 9.78 Å². The van der Waals surface area contributed by atoms with Crippen molar-refractivity contribution >= 4 is 17.6 Å². The molecule has 0 saturated heterocycles. The van der Waals surface area contributed by atoms with E-state index in [0.717, 1.165) is 31.2 Å². The van der Waals surface area contributed by atoms with E-state index in [-0.39, 0.29) is 30.5 Å². The van der Waals surface area contributed by atoms with Crippen LogP contribution in [0.25, 0.3) is 0 Å². The first-order valence-corrected chi connectivity index (χ1v) is 9.71. The van der Waals surface area contributed by atoms with Gasteiger partial charge in [0.25, 0.3) is 11.5 Å². The molecule has 1 fully saturated rings. The number of fused-ring (bicyclic) bond motifs is 1. The number of ether oxygens (including phenoxy) is 2. The molecule has 0 radical (unpaired) electrons. The van der Waals surface area contributed by atoms with E-state index in [2.05, 4.69) is 10.4 Å². The Labute approximate surface area is 167 Å². The lowest BCUT2D eigenvalue weighted by Crippen LogP contribution is -2.27. The Morgan fingerprint density at radius 1 is 1.24 bits per heavy atom. The maximum Gasteiger partial charge on any atom is 0.270 e. The summed E-state index contributed by atoms with van der Waals surface area (Å²) in [6.45, 7) is -0.297. The van der Waals surface area contributed by atoms with Crippen molar-refractivity contribution in [2.45, 2.75) is 44.1 Å². The molecule has 1 aliphatic carbocycles. The highest BCUT2D eigenvalue weighted by atomic mass is 16.5. The van der Waals surface area contributed by atoms with Crippen LogP contribution in [-0.2, 0) is 9.59 Å². The van der Waals surface area contributed by atoms with Gasteiger partial charge in [-0.15, -0.1) is 0 Å². The zero-order chi connectivity index (χ0) is 20.5. The normalized spacial score (nSPS) is 18.9. The standard InChI is InChI=1S/C20H24N4O5/c1-28-14-7-6-11(8-15(14)29-10-16(21)25)13-9-17(26)22-19-18(13)20(27)23-24(19)12-4-2-3-5-12/h6-8,12-13H,2-5,9-10H2,1H3,(H2,21,25)(H,22,26)(H,23,27)/t13-/m0/s1. The Morgan fingerprint density at radius 2 is 2.00 bits per heavy atom. The van der Waals surface area contributed by atoms with E-state index >= 15 is 0 Å². The van der Waals surface area contributed by atoms with Crippen LogP contribution < -0.4 is 26.1 Å². The molecule has 29 heavy (non-hydrogen) atoms. The fraction of sp³-hybridized carbons (Fsp3) is 0.450. The van der Waals surface area contributed by atoms with Gasteiger partial charge >= 0.3 is 0 Å². The molecule has 2 aliphatic rings. The van der Waals surface area contributed by atoms with Gasteiger partial charge in [-0.25, -0.2) is 0 Å². The molecule has 154 valence electrons. The molecule has 2 amide bonds. The molecule has 1 atom stereocenters. The molecule has 0 spiro atoms. The molecule has 1 aromatic carbocycles. The van der Waals surface area contributed by atoms with E-state index in [0.29, 0.717) is 22.9 Å². The molecule has 2 heterocycles. The molecule has 0 bridgehead atoms. The van der Waals surface area contributed by atoms with Gasteiger partial charge in [0.15, 0.2) is 18.1 Å². The summed E-state index contributed by atoms with van der Waals surface area (Å²) in [5.74, 6) is 0.145. The van der Waals surface area contributed by atoms with Crippen molar-refractivity contribution in [1.29, 1.82) is 0 Å². The second-order valence-electron chi connectivity index (χ2n) is 7.48. The zero-order valence-electron chi connectivity index (χ0n) is 16.2. The Balaban J connectivity index is 1.75. The molecule has 9 heteroatoms. The average Bonchev–Trinajstić information content (AvgIpc) is 3.33. The summed E-state index contributed by atoms with van der Waals surface area (Å²) in [6.07, 6.45) is 4.31. The monoisotopic (exact) mass is 400 g/mol. The van der Waals surface area contributed by atoms with E-state index < -0.39 is 11.8 Å². The van der Waals surface area contributed by atoms with Crippen LogP contribution in [0.5, 0.6) is 11.5 Å². The highest BCUT2D eigenvalue weighted by molar-refractivity contribution is 5.94.